The van der Waals surface area contributed by atoms with E-state index >= 15 is 0 Å². The third kappa shape index (κ3) is 4.07. The number of nitrogens with one attached hydrogen (secondary N) is 2. The Morgan fingerprint density at radius 3 is 2.70 bits per heavy atom. The first-order chi connectivity index (χ1) is 11.2. The van der Waals surface area contributed by atoms with Gasteiger partial charge in [0, 0.05) is 28.9 Å². The molecule has 1 atom stereocenters. The SMILES string of the molecule is O=C(N[C@H](Cc1ncc[nH]1)c1ccccc1)c1cccc(Br)c1. The third-order valence-electron chi connectivity index (χ3n) is 3.55. The molecule has 0 unspecified atom stereocenters. The Balaban J connectivity index is 1.82. The van der Waals surface area contributed by atoms with Crippen LogP contribution in [0.3, 0.4) is 0 Å². The number of rotatable bonds is 5. The molecule has 0 saturated heterocycles. The highest BCUT2D eigenvalue weighted by Crippen LogP contribution is 2.18. The second-order valence-electron chi connectivity index (χ2n) is 5.19. The molecule has 116 valence electrons. The summed E-state index contributed by atoms with van der Waals surface area (Å²) in [7, 11) is 0. The monoisotopic (exact) mass is 369 g/mol. The van der Waals surface area contributed by atoms with E-state index in [2.05, 4.69) is 31.2 Å². The van der Waals surface area contributed by atoms with Crippen molar-refractivity contribution in [3.8, 4) is 0 Å². The average Bonchev–Trinajstić information content (AvgIpc) is 3.08. The van der Waals surface area contributed by atoms with Gasteiger partial charge in [-0.3, -0.25) is 4.79 Å². The average molecular weight is 370 g/mol. The first kappa shape index (κ1) is 15.5. The van der Waals surface area contributed by atoms with Crippen LogP contribution in [0, 0.1) is 0 Å². The second kappa shape index (κ2) is 7.24. The van der Waals surface area contributed by atoms with Gasteiger partial charge in [0.1, 0.15) is 5.82 Å². The van der Waals surface area contributed by atoms with Crippen LogP contribution < -0.4 is 5.32 Å². The fraction of sp³-hybridized carbons (Fsp3) is 0.111. The fourth-order valence-corrected chi connectivity index (χ4v) is 2.81. The lowest BCUT2D eigenvalue weighted by Crippen LogP contribution is -2.30. The van der Waals surface area contributed by atoms with E-state index in [4.69, 9.17) is 0 Å². The van der Waals surface area contributed by atoms with Crippen LogP contribution in [0.15, 0.2) is 71.5 Å². The molecule has 5 heteroatoms. The predicted octanol–water partition coefficient (Wildman–Crippen LogP) is 3.89. The molecule has 1 heterocycles. The zero-order valence-electron chi connectivity index (χ0n) is 12.4. The lowest BCUT2D eigenvalue weighted by molar-refractivity contribution is 0.0936. The van der Waals surface area contributed by atoms with Crippen molar-refractivity contribution in [2.45, 2.75) is 12.5 Å². The van der Waals surface area contributed by atoms with Crippen LogP contribution in [-0.4, -0.2) is 15.9 Å². The molecule has 0 bridgehead atoms. The van der Waals surface area contributed by atoms with Crippen molar-refractivity contribution in [2.75, 3.05) is 0 Å². The summed E-state index contributed by atoms with van der Waals surface area (Å²) in [6, 6.07) is 17.1. The zero-order chi connectivity index (χ0) is 16.1. The predicted molar refractivity (Wildman–Crippen MR) is 93.1 cm³/mol. The number of hydrogen-bond acceptors (Lipinski definition) is 2. The van der Waals surface area contributed by atoms with E-state index in [1.165, 1.54) is 0 Å². The standard InChI is InChI=1S/C18H16BrN3O/c19-15-8-4-7-14(11-15)18(23)22-16(12-17-20-9-10-21-17)13-5-2-1-3-6-13/h1-11,16H,12H2,(H,20,21)(H,22,23)/t16-/m1/s1. The first-order valence-corrected chi connectivity index (χ1v) is 8.11. The molecule has 0 aliphatic carbocycles. The van der Waals surface area contributed by atoms with Gasteiger partial charge >= 0.3 is 0 Å². The zero-order valence-corrected chi connectivity index (χ0v) is 14.0. The first-order valence-electron chi connectivity index (χ1n) is 7.32. The highest BCUT2D eigenvalue weighted by Gasteiger charge is 2.17. The van der Waals surface area contributed by atoms with E-state index in [1.807, 2.05) is 48.5 Å². The molecule has 0 spiro atoms. The van der Waals surface area contributed by atoms with Gasteiger partial charge in [0.2, 0.25) is 0 Å². The minimum atomic E-state index is -0.145. The number of hydrogen-bond donors (Lipinski definition) is 2. The molecule has 3 aromatic rings. The third-order valence-corrected chi connectivity index (χ3v) is 4.04. The topological polar surface area (TPSA) is 57.8 Å². The number of halogens is 1. The number of benzene rings is 2. The lowest BCUT2D eigenvalue weighted by Gasteiger charge is -2.18. The summed E-state index contributed by atoms with van der Waals surface area (Å²) in [5, 5.41) is 3.10. The summed E-state index contributed by atoms with van der Waals surface area (Å²) in [6.07, 6.45) is 4.11. The van der Waals surface area contributed by atoms with Crippen molar-refractivity contribution in [2.24, 2.45) is 0 Å². The van der Waals surface area contributed by atoms with E-state index in [1.54, 1.807) is 18.5 Å². The van der Waals surface area contributed by atoms with Crippen molar-refractivity contribution in [3.63, 3.8) is 0 Å². The van der Waals surface area contributed by atoms with Crippen LogP contribution in [0.25, 0.3) is 0 Å². The van der Waals surface area contributed by atoms with E-state index in [9.17, 15) is 4.79 Å². The highest BCUT2D eigenvalue weighted by molar-refractivity contribution is 9.10. The summed E-state index contributed by atoms with van der Waals surface area (Å²) in [5.74, 6) is 0.736. The molecule has 4 nitrogen and oxygen atoms in total. The smallest absolute Gasteiger partial charge is 0.251 e. The lowest BCUT2D eigenvalue weighted by atomic mass is 10.0. The molecule has 0 fully saturated rings. The van der Waals surface area contributed by atoms with Gasteiger partial charge in [0.15, 0.2) is 0 Å². The molecule has 3 rings (SSSR count). The van der Waals surface area contributed by atoms with Gasteiger partial charge < -0.3 is 10.3 Å². The van der Waals surface area contributed by atoms with Gasteiger partial charge in [-0.2, -0.15) is 0 Å². The Morgan fingerprint density at radius 1 is 1.17 bits per heavy atom. The normalized spacial score (nSPS) is 11.9. The van der Waals surface area contributed by atoms with Crippen molar-refractivity contribution in [1.29, 1.82) is 0 Å². The summed E-state index contributed by atoms with van der Waals surface area (Å²) in [4.78, 5) is 19.9. The maximum atomic E-state index is 12.5. The van der Waals surface area contributed by atoms with E-state index < -0.39 is 0 Å². The molecular weight excluding hydrogens is 354 g/mol. The van der Waals surface area contributed by atoms with Crippen LogP contribution in [0.5, 0.6) is 0 Å². The molecule has 0 radical (unpaired) electrons. The molecular formula is C18H16BrN3O. The quantitative estimate of drug-likeness (QED) is 0.716. The molecule has 0 aliphatic rings. The fourth-order valence-electron chi connectivity index (χ4n) is 2.41. The summed E-state index contributed by atoms with van der Waals surface area (Å²) in [6.45, 7) is 0. The summed E-state index contributed by atoms with van der Waals surface area (Å²) < 4.78 is 0.882. The van der Waals surface area contributed by atoms with Crippen molar-refractivity contribution in [3.05, 3.63) is 88.4 Å². The minimum absolute atomic E-state index is 0.105. The Morgan fingerprint density at radius 2 is 2.00 bits per heavy atom. The minimum Gasteiger partial charge on any atom is -0.349 e. The van der Waals surface area contributed by atoms with E-state index in [0.29, 0.717) is 12.0 Å². The van der Waals surface area contributed by atoms with Gasteiger partial charge in [-0.1, -0.05) is 52.3 Å². The van der Waals surface area contributed by atoms with Gasteiger partial charge in [-0.05, 0) is 23.8 Å². The number of carbonyl (C=O) groups is 1. The largest absolute Gasteiger partial charge is 0.349 e. The van der Waals surface area contributed by atoms with Crippen molar-refractivity contribution in [1.82, 2.24) is 15.3 Å². The Kier molecular flexibility index (Phi) is 4.88. The number of carbonyl (C=O) groups excluding carboxylic acids is 1. The Labute approximate surface area is 143 Å². The molecule has 0 saturated carbocycles. The van der Waals surface area contributed by atoms with Crippen molar-refractivity contribution >= 4 is 21.8 Å². The number of aromatic amines is 1. The number of aromatic nitrogens is 2. The van der Waals surface area contributed by atoms with Crippen LogP contribution in [0.1, 0.15) is 27.8 Å². The Hall–Kier alpha value is -2.40. The summed E-state index contributed by atoms with van der Waals surface area (Å²) >= 11 is 3.40. The summed E-state index contributed by atoms with van der Waals surface area (Å²) in [5.41, 5.74) is 1.67. The maximum absolute atomic E-state index is 12.5. The Bertz CT molecular complexity index is 772. The maximum Gasteiger partial charge on any atom is 0.251 e. The molecule has 0 aliphatic heterocycles. The van der Waals surface area contributed by atoms with Gasteiger partial charge in [-0.15, -0.1) is 0 Å². The highest BCUT2D eigenvalue weighted by atomic mass is 79.9. The number of imidazole rings is 1. The molecule has 1 amide bonds. The van der Waals surface area contributed by atoms with Gasteiger partial charge in [0.05, 0.1) is 6.04 Å². The number of nitrogens with zero attached hydrogens (tertiary/aromatic N) is 1. The number of amides is 1. The van der Waals surface area contributed by atoms with Crippen LogP contribution >= 0.6 is 15.9 Å². The molecule has 1 aromatic heterocycles. The van der Waals surface area contributed by atoms with Crippen LogP contribution in [0.4, 0.5) is 0 Å². The van der Waals surface area contributed by atoms with E-state index in [0.717, 1.165) is 15.9 Å². The second-order valence-corrected chi connectivity index (χ2v) is 6.10. The number of H-pyrrole nitrogens is 1. The molecule has 2 aromatic carbocycles. The van der Waals surface area contributed by atoms with Crippen LogP contribution in [-0.2, 0) is 6.42 Å². The van der Waals surface area contributed by atoms with E-state index in [-0.39, 0.29) is 11.9 Å². The van der Waals surface area contributed by atoms with Gasteiger partial charge in [0.25, 0.3) is 5.91 Å². The van der Waals surface area contributed by atoms with Gasteiger partial charge in [-0.25, -0.2) is 4.98 Å². The van der Waals surface area contributed by atoms with Crippen molar-refractivity contribution < 1.29 is 4.79 Å². The molecule has 2 N–H and O–H groups in total. The molecule has 23 heavy (non-hydrogen) atoms. The van der Waals surface area contributed by atoms with Crippen LogP contribution in [0.2, 0.25) is 0 Å².